The fourth-order valence-electron chi connectivity index (χ4n) is 1.65. The molecule has 1 heterocycles. The maximum Gasteiger partial charge on any atom is 0.339 e. The molecule has 0 unspecified atom stereocenters. The highest BCUT2D eigenvalue weighted by Gasteiger charge is 2.02. The summed E-state index contributed by atoms with van der Waals surface area (Å²) in [7, 11) is 2.96. The Labute approximate surface area is 115 Å². The zero-order chi connectivity index (χ0) is 14.5. The zero-order valence-corrected chi connectivity index (χ0v) is 11.1. The normalized spacial score (nSPS) is 10.7. The summed E-state index contributed by atoms with van der Waals surface area (Å²) in [6, 6.07) is 7.79. The van der Waals surface area contributed by atoms with E-state index in [-0.39, 0.29) is 5.75 Å². The predicted octanol–water partition coefficient (Wildman–Crippen LogP) is 2.53. The third-order valence-electron chi connectivity index (χ3n) is 2.64. The monoisotopic (exact) mass is 274 g/mol. The Balaban J connectivity index is 2.29. The highest BCUT2D eigenvalue weighted by Crippen LogP contribution is 2.27. The molecule has 0 radical (unpaired) electrons. The van der Waals surface area contributed by atoms with Gasteiger partial charge in [-0.05, 0) is 23.8 Å². The molecule has 1 aromatic heterocycles. The van der Waals surface area contributed by atoms with Crippen LogP contribution in [-0.4, -0.2) is 19.3 Å². The molecule has 0 saturated carbocycles. The number of phenolic OH excluding ortho intramolecular Hbond substituents is 1. The van der Waals surface area contributed by atoms with E-state index in [1.165, 1.54) is 26.4 Å². The van der Waals surface area contributed by atoms with Gasteiger partial charge >= 0.3 is 5.63 Å². The predicted molar refractivity (Wildman–Crippen MR) is 75.1 cm³/mol. The van der Waals surface area contributed by atoms with E-state index in [9.17, 15) is 9.90 Å². The number of phenols is 1. The van der Waals surface area contributed by atoms with Crippen molar-refractivity contribution in [2.24, 2.45) is 0 Å². The lowest BCUT2D eigenvalue weighted by atomic mass is 10.2. The summed E-state index contributed by atoms with van der Waals surface area (Å²) in [4.78, 5) is 11.3. The molecule has 0 amide bonds. The first-order chi connectivity index (χ1) is 9.62. The molecule has 0 fully saturated rings. The van der Waals surface area contributed by atoms with Crippen LogP contribution in [0.15, 0.2) is 39.5 Å². The molecule has 2 rings (SSSR count). The van der Waals surface area contributed by atoms with Gasteiger partial charge in [0.05, 0.1) is 20.3 Å². The highest BCUT2D eigenvalue weighted by atomic mass is 16.5. The van der Waals surface area contributed by atoms with Gasteiger partial charge in [0.25, 0.3) is 0 Å². The van der Waals surface area contributed by atoms with Gasteiger partial charge in [0.2, 0.25) is 0 Å². The Morgan fingerprint density at radius 1 is 1.10 bits per heavy atom. The van der Waals surface area contributed by atoms with Crippen LogP contribution in [0, 0.1) is 0 Å². The van der Waals surface area contributed by atoms with Crippen molar-refractivity contribution in [1.82, 2.24) is 0 Å². The molecule has 20 heavy (non-hydrogen) atoms. The number of methoxy groups -OCH3 is 2. The standard InChI is InChI=1S/C15H14O5/c1-18-12-8-11(20-15(17)9-12)5-3-10-4-6-13(16)14(7-10)19-2/h3-9,16H,1-2H3/b5-3-. The van der Waals surface area contributed by atoms with Crippen molar-refractivity contribution in [3.63, 3.8) is 0 Å². The molecule has 0 aliphatic heterocycles. The van der Waals surface area contributed by atoms with Crippen molar-refractivity contribution < 1.29 is 19.0 Å². The average molecular weight is 274 g/mol. The van der Waals surface area contributed by atoms with Gasteiger partial charge in [-0.2, -0.15) is 0 Å². The third-order valence-corrected chi connectivity index (χ3v) is 2.64. The fourth-order valence-corrected chi connectivity index (χ4v) is 1.65. The zero-order valence-electron chi connectivity index (χ0n) is 11.1. The van der Waals surface area contributed by atoms with E-state index in [2.05, 4.69) is 0 Å². The van der Waals surface area contributed by atoms with Gasteiger partial charge in [-0.1, -0.05) is 12.1 Å². The Kier molecular flexibility index (Phi) is 4.10. The van der Waals surface area contributed by atoms with Crippen molar-refractivity contribution >= 4 is 12.2 Å². The molecule has 1 aromatic carbocycles. The number of aromatic hydroxyl groups is 1. The molecule has 0 aliphatic carbocycles. The fraction of sp³-hybridized carbons (Fsp3) is 0.133. The molecule has 1 N–H and O–H groups in total. The Morgan fingerprint density at radius 2 is 1.90 bits per heavy atom. The molecule has 5 nitrogen and oxygen atoms in total. The number of benzene rings is 1. The van der Waals surface area contributed by atoms with E-state index >= 15 is 0 Å². The van der Waals surface area contributed by atoms with Crippen LogP contribution in [0.3, 0.4) is 0 Å². The molecule has 0 aliphatic rings. The Morgan fingerprint density at radius 3 is 2.60 bits per heavy atom. The van der Waals surface area contributed by atoms with Crippen LogP contribution >= 0.6 is 0 Å². The van der Waals surface area contributed by atoms with Gasteiger partial charge in [-0.25, -0.2) is 4.79 Å². The van der Waals surface area contributed by atoms with Gasteiger partial charge in [0.1, 0.15) is 11.5 Å². The van der Waals surface area contributed by atoms with Crippen molar-refractivity contribution in [3.05, 3.63) is 52.1 Å². The second-order valence-corrected chi connectivity index (χ2v) is 3.98. The van der Waals surface area contributed by atoms with E-state index in [0.29, 0.717) is 17.3 Å². The molecule has 2 aromatic rings. The SMILES string of the molecule is COc1cc(/C=C\c2ccc(O)c(OC)c2)oc(=O)c1. The van der Waals surface area contributed by atoms with E-state index < -0.39 is 5.63 Å². The van der Waals surface area contributed by atoms with E-state index in [1.54, 1.807) is 30.4 Å². The van der Waals surface area contributed by atoms with Gasteiger partial charge in [0.15, 0.2) is 11.5 Å². The largest absolute Gasteiger partial charge is 0.504 e. The number of ether oxygens (including phenoxy) is 2. The molecule has 104 valence electrons. The van der Waals surface area contributed by atoms with Gasteiger partial charge in [-0.3, -0.25) is 0 Å². The van der Waals surface area contributed by atoms with Gasteiger partial charge in [-0.15, -0.1) is 0 Å². The second kappa shape index (κ2) is 5.97. The first kappa shape index (κ1) is 13.7. The van der Waals surface area contributed by atoms with Gasteiger partial charge < -0.3 is 19.0 Å². The topological polar surface area (TPSA) is 68.9 Å². The third kappa shape index (κ3) is 3.20. The first-order valence-corrected chi connectivity index (χ1v) is 5.86. The molecule has 0 bridgehead atoms. The van der Waals surface area contributed by atoms with Crippen molar-refractivity contribution in [2.75, 3.05) is 14.2 Å². The summed E-state index contributed by atoms with van der Waals surface area (Å²) >= 11 is 0. The lowest BCUT2D eigenvalue weighted by molar-refractivity contribution is 0.373. The van der Waals surface area contributed by atoms with E-state index in [0.717, 1.165) is 5.56 Å². The maximum atomic E-state index is 11.3. The van der Waals surface area contributed by atoms with Crippen LogP contribution in [0.4, 0.5) is 0 Å². The summed E-state index contributed by atoms with van der Waals surface area (Å²) in [5.41, 5.74) is 0.317. The molecular formula is C15H14O5. The summed E-state index contributed by atoms with van der Waals surface area (Å²) < 4.78 is 15.0. The lowest BCUT2D eigenvalue weighted by Crippen LogP contribution is -1.98. The Bertz CT molecular complexity index is 685. The maximum absolute atomic E-state index is 11.3. The number of hydrogen-bond acceptors (Lipinski definition) is 5. The van der Waals surface area contributed by atoms with Crippen LogP contribution in [-0.2, 0) is 0 Å². The minimum atomic E-state index is -0.479. The van der Waals surface area contributed by atoms with Crippen molar-refractivity contribution in [3.8, 4) is 17.2 Å². The van der Waals surface area contributed by atoms with Crippen LogP contribution in [0.25, 0.3) is 12.2 Å². The average Bonchev–Trinajstić information content (AvgIpc) is 2.45. The second-order valence-electron chi connectivity index (χ2n) is 3.98. The van der Waals surface area contributed by atoms with E-state index in [1.807, 2.05) is 0 Å². The Hall–Kier alpha value is -2.69. The van der Waals surface area contributed by atoms with E-state index in [4.69, 9.17) is 13.9 Å². The molecule has 0 saturated heterocycles. The minimum Gasteiger partial charge on any atom is -0.504 e. The van der Waals surface area contributed by atoms with Crippen LogP contribution in [0.1, 0.15) is 11.3 Å². The smallest absolute Gasteiger partial charge is 0.339 e. The van der Waals surface area contributed by atoms with Crippen LogP contribution < -0.4 is 15.1 Å². The number of rotatable bonds is 4. The van der Waals surface area contributed by atoms with Crippen LogP contribution in [0.2, 0.25) is 0 Å². The molecule has 0 spiro atoms. The molecule has 0 atom stereocenters. The molecular weight excluding hydrogens is 260 g/mol. The number of hydrogen-bond donors (Lipinski definition) is 1. The summed E-state index contributed by atoms with van der Waals surface area (Å²) in [6.45, 7) is 0. The minimum absolute atomic E-state index is 0.0672. The first-order valence-electron chi connectivity index (χ1n) is 5.86. The summed E-state index contributed by atoms with van der Waals surface area (Å²) in [5, 5.41) is 9.50. The van der Waals surface area contributed by atoms with Crippen molar-refractivity contribution in [1.29, 1.82) is 0 Å². The quantitative estimate of drug-likeness (QED) is 0.927. The molecule has 5 heteroatoms. The van der Waals surface area contributed by atoms with Crippen LogP contribution in [0.5, 0.6) is 17.2 Å². The van der Waals surface area contributed by atoms with Crippen molar-refractivity contribution in [2.45, 2.75) is 0 Å². The summed E-state index contributed by atoms with van der Waals surface area (Å²) in [5.74, 6) is 1.25. The summed E-state index contributed by atoms with van der Waals surface area (Å²) in [6.07, 6.45) is 3.37. The highest BCUT2D eigenvalue weighted by molar-refractivity contribution is 5.69. The lowest BCUT2D eigenvalue weighted by Gasteiger charge is -2.03. The van der Waals surface area contributed by atoms with Gasteiger partial charge in [0, 0.05) is 6.07 Å².